The van der Waals surface area contributed by atoms with Crippen LogP contribution >= 0.6 is 0 Å². The highest BCUT2D eigenvalue weighted by molar-refractivity contribution is 7.91. The van der Waals surface area contributed by atoms with Crippen molar-refractivity contribution in [3.63, 3.8) is 0 Å². The fourth-order valence-corrected chi connectivity index (χ4v) is 5.98. The van der Waals surface area contributed by atoms with E-state index in [0.29, 0.717) is 53.9 Å². The third-order valence-electron chi connectivity index (χ3n) is 7.06. The molecular weight excluding hydrogens is 516 g/mol. The smallest absolute Gasteiger partial charge is 0.251 e. The van der Waals surface area contributed by atoms with Gasteiger partial charge in [-0.1, -0.05) is 37.3 Å². The summed E-state index contributed by atoms with van der Waals surface area (Å²) in [6, 6.07) is 16.9. The molecule has 39 heavy (non-hydrogen) atoms. The van der Waals surface area contributed by atoms with Crippen LogP contribution in [-0.2, 0) is 38.9 Å². The second-order valence-electron chi connectivity index (χ2n) is 9.72. The fourth-order valence-electron chi connectivity index (χ4n) is 4.86. The summed E-state index contributed by atoms with van der Waals surface area (Å²) in [6.07, 6.45) is 1.65. The number of hydrogen-bond acceptors (Lipinski definition) is 6. The van der Waals surface area contributed by atoms with Crippen LogP contribution in [0.5, 0.6) is 0 Å². The maximum Gasteiger partial charge on any atom is 0.251 e. The molecule has 10 heteroatoms. The first-order valence-electron chi connectivity index (χ1n) is 12.9. The number of rotatable bonds is 4. The van der Waals surface area contributed by atoms with Crippen molar-refractivity contribution in [2.75, 3.05) is 16.4 Å². The maximum atomic E-state index is 13.6. The van der Waals surface area contributed by atoms with E-state index in [4.69, 9.17) is 0 Å². The number of hydrogen-bond donors (Lipinski definition) is 4. The number of benzene rings is 3. The van der Waals surface area contributed by atoms with Gasteiger partial charge in [0.2, 0.25) is 11.8 Å². The van der Waals surface area contributed by atoms with Gasteiger partial charge in [0.1, 0.15) is 6.04 Å². The lowest BCUT2D eigenvalue weighted by molar-refractivity contribution is -0.122. The average molecular weight is 547 g/mol. The van der Waals surface area contributed by atoms with Gasteiger partial charge in [0.25, 0.3) is 5.91 Å². The molecule has 0 fully saturated rings. The molecule has 1 unspecified atom stereocenters. The molecular formula is C29H30N4O5S. The number of aryl methyl sites for hydroxylation is 1. The average Bonchev–Trinajstić information content (AvgIpc) is 3.30. The van der Waals surface area contributed by atoms with E-state index < -0.39 is 15.9 Å². The molecule has 3 amide bonds. The van der Waals surface area contributed by atoms with Gasteiger partial charge in [-0.2, -0.15) is 0 Å². The molecule has 3 aromatic carbocycles. The molecule has 0 aromatic heterocycles. The predicted molar refractivity (Wildman–Crippen MR) is 148 cm³/mol. The van der Waals surface area contributed by atoms with Crippen molar-refractivity contribution in [2.24, 2.45) is 0 Å². The van der Waals surface area contributed by atoms with E-state index in [1.54, 1.807) is 25.1 Å². The van der Waals surface area contributed by atoms with Crippen molar-refractivity contribution in [1.82, 2.24) is 10.6 Å². The first-order chi connectivity index (χ1) is 18.7. The molecule has 0 radical (unpaired) electrons. The van der Waals surface area contributed by atoms with E-state index in [1.165, 1.54) is 6.07 Å². The zero-order chi connectivity index (χ0) is 27.6. The summed E-state index contributed by atoms with van der Waals surface area (Å²) in [4.78, 5) is 38.4. The molecule has 0 saturated heterocycles. The second kappa shape index (κ2) is 10.9. The normalized spacial score (nSPS) is 17.7. The number of amides is 3. The van der Waals surface area contributed by atoms with Gasteiger partial charge in [0, 0.05) is 36.4 Å². The fraction of sp³-hybridized carbons (Fsp3) is 0.276. The molecule has 3 aromatic rings. The summed E-state index contributed by atoms with van der Waals surface area (Å²) < 4.78 is 25.6. The minimum atomic E-state index is -3.57. The minimum absolute atomic E-state index is 0.0556. The Labute approximate surface area is 227 Å². The van der Waals surface area contributed by atoms with Crippen molar-refractivity contribution >= 4 is 38.9 Å². The Morgan fingerprint density at radius 3 is 2.41 bits per heavy atom. The van der Waals surface area contributed by atoms with Gasteiger partial charge in [-0.15, -0.1) is 0 Å². The van der Waals surface area contributed by atoms with Crippen molar-refractivity contribution in [1.29, 1.82) is 0 Å². The number of anilines is 2. The highest BCUT2D eigenvalue weighted by Gasteiger charge is 2.25. The van der Waals surface area contributed by atoms with Crippen LogP contribution in [0.1, 0.15) is 58.4 Å². The van der Waals surface area contributed by atoms with Gasteiger partial charge in [0.05, 0.1) is 10.6 Å². The zero-order valence-corrected chi connectivity index (χ0v) is 22.4. The van der Waals surface area contributed by atoms with E-state index in [2.05, 4.69) is 21.3 Å². The molecule has 4 N–H and O–H groups in total. The Bertz CT molecular complexity index is 1550. The summed E-state index contributed by atoms with van der Waals surface area (Å²) in [5, 5.41) is 11.8. The lowest BCUT2D eigenvalue weighted by Crippen LogP contribution is -2.33. The number of carbonyl (C=O) groups is 3. The van der Waals surface area contributed by atoms with Crippen molar-refractivity contribution in [3.05, 3.63) is 88.5 Å². The molecule has 0 aliphatic carbocycles. The predicted octanol–water partition coefficient (Wildman–Crippen LogP) is 3.47. The third-order valence-corrected chi connectivity index (χ3v) is 8.89. The molecule has 3 aliphatic heterocycles. The summed E-state index contributed by atoms with van der Waals surface area (Å²) >= 11 is 0. The molecule has 0 saturated carbocycles. The van der Waals surface area contributed by atoms with Crippen LogP contribution in [0.2, 0.25) is 0 Å². The number of sulfone groups is 1. The van der Waals surface area contributed by atoms with Crippen molar-refractivity contribution < 1.29 is 22.8 Å². The molecule has 4 bridgehead atoms. The van der Waals surface area contributed by atoms with Crippen LogP contribution in [0.4, 0.5) is 11.4 Å². The summed E-state index contributed by atoms with van der Waals surface area (Å²) in [7, 11) is -3.57. The number of fused-ring (bicyclic) bond motifs is 10. The lowest BCUT2D eigenvalue weighted by atomic mass is 10.0. The minimum Gasteiger partial charge on any atom is -0.370 e. The Balaban J connectivity index is 1.50. The van der Waals surface area contributed by atoms with Crippen LogP contribution < -0.4 is 21.3 Å². The van der Waals surface area contributed by atoms with Crippen LogP contribution in [0.15, 0.2) is 65.6 Å². The second-order valence-corrected chi connectivity index (χ2v) is 12.0. The van der Waals surface area contributed by atoms with E-state index in [0.717, 1.165) is 11.1 Å². The zero-order valence-electron chi connectivity index (χ0n) is 21.5. The van der Waals surface area contributed by atoms with E-state index in [1.807, 2.05) is 36.4 Å². The van der Waals surface area contributed by atoms with Crippen LogP contribution in [0.3, 0.4) is 0 Å². The maximum absolute atomic E-state index is 13.6. The monoisotopic (exact) mass is 546 g/mol. The van der Waals surface area contributed by atoms with E-state index in [-0.39, 0.29) is 34.9 Å². The van der Waals surface area contributed by atoms with Gasteiger partial charge in [0.15, 0.2) is 9.84 Å². The van der Waals surface area contributed by atoms with Gasteiger partial charge >= 0.3 is 0 Å². The quantitative estimate of drug-likeness (QED) is 0.396. The lowest BCUT2D eigenvalue weighted by Gasteiger charge is -2.22. The van der Waals surface area contributed by atoms with Gasteiger partial charge in [-0.05, 0) is 65.4 Å². The SMILES string of the molecule is CCS(=O)(=O)c1ccc2cc1CNC(=O)C(Nc1ccc3c(c1)C(=O)NC3)c1ccc(cc1)CCCC(=O)N2. The van der Waals surface area contributed by atoms with E-state index >= 15 is 0 Å². The number of nitrogens with one attached hydrogen (secondary N) is 4. The van der Waals surface area contributed by atoms with Gasteiger partial charge in [-0.25, -0.2) is 8.42 Å². The first kappa shape index (κ1) is 26.4. The molecule has 6 rings (SSSR count). The molecule has 3 heterocycles. The molecule has 1 atom stereocenters. The van der Waals surface area contributed by atoms with Crippen molar-refractivity contribution in [2.45, 2.75) is 50.2 Å². The largest absolute Gasteiger partial charge is 0.370 e. The molecule has 202 valence electrons. The summed E-state index contributed by atoms with van der Waals surface area (Å²) in [5.74, 6) is -0.777. The first-order valence-corrected chi connectivity index (χ1v) is 14.6. The Hall–Kier alpha value is -4.18. The summed E-state index contributed by atoms with van der Waals surface area (Å²) in [5.41, 5.74) is 4.69. The van der Waals surface area contributed by atoms with E-state index in [9.17, 15) is 22.8 Å². The van der Waals surface area contributed by atoms with Crippen molar-refractivity contribution in [3.8, 4) is 0 Å². The van der Waals surface area contributed by atoms with Crippen LogP contribution in [0, 0.1) is 0 Å². The van der Waals surface area contributed by atoms with Gasteiger partial charge in [-0.3, -0.25) is 14.4 Å². The third kappa shape index (κ3) is 5.80. The standard InChI is InChI=1S/C29H30N4O5S/c1-2-39(37,38)25-13-12-22-14-21(25)17-31-29(36)27(33-23-11-10-20-16-30-28(35)24(20)15-23)19-8-6-18(7-9-19)4-3-5-26(34)32-22/h6-15,27,33H,2-5,16-17H2,1H3,(H,30,35)(H,31,36)(H,32,34). The van der Waals surface area contributed by atoms with Crippen LogP contribution in [-0.4, -0.2) is 31.9 Å². The van der Waals surface area contributed by atoms with Crippen LogP contribution in [0.25, 0.3) is 0 Å². The van der Waals surface area contributed by atoms with Gasteiger partial charge < -0.3 is 21.3 Å². The number of carbonyl (C=O) groups excluding carboxylic acids is 3. The Morgan fingerprint density at radius 1 is 0.872 bits per heavy atom. The molecule has 0 spiro atoms. The highest BCUT2D eigenvalue weighted by atomic mass is 32.2. The topological polar surface area (TPSA) is 133 Å². The molecule has 9 nitrogen and oxygen atoms in total. The summed E-state index contributed by atoms with van der Waals surface area (Å²) in [6.45, 7) is 1.98. The Kier molecular flexibility index (Phi) is 7.38. The highest BCUT2D eigenvalue weighted by Crippen LogP contribution is 2.27. The molecule has 3 aliphatic rings. The Morgan fingerprint density at radius 2 is 1.64 bits per heavy atom.